The summed E-state index contributed by atoms with van der Waals surface area (Å²) < 4.78 is 11.3. The monoisotopic (exact) mass is 345 g/mol. The Morgan fingerprint density at radius 1 is 1.17 bits per heavy atom. The van der Waals surface area contributed by atoms with E-state index in [2.05, 4.69) is 41.7 Å². The highest BCUT2D eigenvalue weighted by Crippen LogP contribution is 2.41. The Morgan fingerprint density at radius 3 is 2.62 bits per heavy atom. The molecule has 1 unspecified atom stereocenters. The highest BCUT2D eigenvalue weighted by molar-refractivity contribution is 6.18. The standard InChI is InChI=1S/C20H24ClNO2/c1-23-19-12-17-15(16(8-10-21)20(19)24-2)9-11-22-13-18(17)14-6-4-3-5-7-14/h3-7,12,18,22H,8-11,13H2,1-2H3. The lowest BCUT2D eigenvalue weighted by molar-refractivity contribution is 0.351. The zero-order valence-electron chi connectivity index (χ0n) is 14.3. The molecule has 0 amide bonds. The number of benzene rings is 2. The maximum atomic E-state index is 6.09. The zero-order valence-corrected chi connectivity index (χ0v) is 15.0. The normalized spacial score (nSPS) is 17.0. The summed E-state index contributed by atoms with van der Waals surface area (Å²) in [5.41, 5.74) is 5.18. The van der Waals surface area contributed by atoms with E-state index < -0.39 is 0 Å². The van der Waals surface area contributed by atoms with Crippen molar-refractivity contribution in [3.8, 4) is 11.5 Å². The van der Waals surface area contributed by atoms with Crippen LogP contribution in [0.3, 0.4) is 0 Å². The molecule has 0 fully saturated rings. The van der Waals surface area contributed by atoms with Crippen LogP contribution in [0.4, 0.5) is 0 Å². The highest BCUT2D eigenvalue weighted by Gasteiger charge is 2.26. The van der Waals surface area contributed by atoms with Crippen molar-refractivity contribution in [2.45, 2.75) is 18.8 Å². The lowest BCUT2D eigenvalue weighted by Gasteiger charge is -2.23. The summed E-state index contributed by atoms with van der Waals surface area (Å²) in [7, 11) is 3.40. The first-order valence-corrected chi connectivity index (χ1v) is 8.91. The summed E-state index contributed by atoms with van der Waals surface area (Å²) in [5, 5.41) is 3.57. The largest absolute Gasteiger partial charge is 0.493 e. The van der Waals surface area contributed by atoms with Crippen LogP contribution in [0.15, 0.2) is 36.4 Å². The van der Waals surface area contributed by atoms with Gasteiger partial charge in [-0.1, -0.05) is 30.3 Å². The van der Waals surface area contributed by atoms with Crippen molar-refractivity contribution in [3.05, 3.63) is 58.7 Å². The molecule has 3 nitrogen and oxygen atoms in total. The van der Waals surface area contributed by atoms with Gasteiger partial charge in [0.1, 0.15) is 0 Å². The van der Waals surface area contributed by atoms with E-state index in [-0.39, 0.29) is 0 Å². The van der Waals surface area contributed by atoms with E-state index in [9.17, 15) is 0 Å². The van der Waals surface area contributed by atoms with Gasteiger partial charge in [0.25, 0.3) is 0 Å². The molecule has 0 radical (unpaired) electrons. The number of rotatable bonds is 5. The van der Waals surface area contributed by atoms with Gasteiger partial charge in [0.15, 0.2) is 11.5 Å². The molecule has 3 rings (SSSR count). The van der Waals surface area contributed by atoms with Crippen molar-refractivity contribution < 1.29 is 9.47 Å². The predicted molar refractivity (Wildman–Crippen MR) is 98.8 cm³/mol. The molecule has 1 atom stereocenters. The van der Waals surface area contributed by atoms with Crippen molar-refractivity contribution in [2.75, 3.05) is 33.2 Å². The van der Waals surface area contributed by atoms with Crippen LogP contribution in [-0.4, -0.2) is 33.2 Å². The smallest absolute Gasteiger partial charge is 0.164 e. The first-order valence-electron chi connectivity index (χ1n) is 8.38. The minimum atomic E-state index is 0.303. The van der Waals surface area contributed by atoms with Crippen LogP contribution in [0.5, 0.6) is 11.5 Å². The molecule has 1 aliphatic rings. The number of hydrogen-bond acceptors (Lipinski definition) is 3. The Bertz CT molecular complexity index is 688. The summed E-state index contributed by atoms with van der Waals surface area (Å²) in [6.45, 7) is 1.88. The first kappa shape index (κ1) is 17.1. The van der Waals surface area contributed by atoms with E-state index in [1.165, 1.54) is 22.3 Å². The maximum absolute atomic E-state index is 6.09. The summed E-state index contributed by atoms with van der Waals surface area (Å²) in [6.07, 6.45) is 1.76. The number of nitrogens with one attached hydrogen (secondary N) is 1. The fourth-order valence-corrected chi connectivity index (χ4v) is 3.84. The van der Waals surface area contributed by atoms with Gasteiger partial charge in [-0.25, -0.2) is 0 Å². The molecule has 1 heterocycles. The van der Waals surface area contributed by atoms with Gasteiger partial charge in [-0.05, 0) is 42.1 Å². The van der Waals surface area contributed by atoms with Crippen LogP contribution in [-0.2, 0) is 12.8 Å². The summed E-state index contributed by atoms with van der Waals surface area (Å²) >= 11 is 6.09. The third kappa shape index (κ3) is 3.24. The maximum Gasteiger partial charge on any atom is 0.164 e. The Balaban J connectivity index is 2.20. The van der Waals surface area contributed by atoms with Crippen LogP contribution in [0.25, 0.3) is 0 Å². The lowest BCUT2D eigenvalue weighted by atomic mass is 9.85. The van der Waals surface area contributed by atoms with Crippen molar-refractivity contribution in [1.82, 2.24) is 5.32 Å². The highest BCUT2D eigenvalue weighted by atomic mass is 35.5. The van der Waals surface area contributed by atoms with E-state index in [4.69, 9.17) is 21.1 Å². The third-order valence-corrected chi connectivity index (χ3v) is 4.93. The van der Waals surface area contributed by atoms with E-state index in [0.717, 1.165) is 37.4 Å². The van der Waals surface area contributed by atoms with Gasteiger partial charge < -0.3 is 14.8 Å². The zero-order chi connectivity index (χ0) is 16.9. The average molecular weight is 346 g/mol. The van der Waals surface area contributed by atoms with Gasteiger partial charge >= 0.3 is 0 Å². The number of hydrogen-bond donors (Lipinski definition) is 1. The SMILES string of the molecule is COc1cc2c(c(CCCl)c1OC)CCNCC2c1ccccc1. The van der Waals surface area contributed by atoms with Crippen molar-refractivity contribution >= 4 is 11.6 Å². The molecule has 0 spiro atoms. The molecule has 1 aliphatic heterocycles. The third-order valence-electron chi connectivity index (χ3n) is 4.74. The topological polar surface area (TPSA) is 30.5 Å². The fraction of sp³-hybridized carbons (Fsp3) is 0.400. The molecule has 4 heteroatoms. The van der Waals surface area contributed by atoms with Gasteiger partial charge in [0.2, 0.25) is 0 Å². The molecule has 24 heavy (non-hydrogen) atoms. The van der Waals surface area contributed by atoms with Crippen LogP contribution in [0, 0.1) is 0 Å². The molecule has 0 aromatic heterocycles. The molecule has 128 valence electrons. The van der Waals surface area contributed by atoms with E-state index >= 15 is 0 Å². The molecule has 0 aliphatic carbocycles. The molecule has 2 aromatic rings. The number of halogens is 1. The molecule has 0 saturated heterocycles. The van der Waals surface area contributed by atoms with Gasteiger partial charge in [-0.2, -0.15) is 0 Å². The van der Waals surface area contributed by atoms with Crippen molar-refractivity contribution in [1.29, 1.82) is 0 Å². The predicted octanol–water partition coefficient (Wildman–Crippen LogP) is 3.76. The van der Waals surface area contributed by atoms with Crippen LogP contribution >= 0.6 is 11.6 Å². The molecule has 0 saturated carbocycles. The minimum Gasteiger partial charge on any atom is -0.493 e. The lowest BCUT2D eigenvalue weighted by Crippen LogP contribution is -2.20. The quantitative estimate of drug-likeness (QED) is 0.837. The fourth-order valence-electron chi connectivity index (χ4n) is 3.65. The number of ether oxygens (including phenoxy) is 2. The molecular formula is C20H24ClNO2. The van der Waals surface area contributed by atoms with Crippen LogP contribution in [0.1, 0.15) is 28.2 Å². The van der Waals surface area contributed by atoms with Crippen molar-refractivity contribution in [2.24, 2.45) is 0 Å². The van der Waals surface area contributed by atoms with Gasteiger partial charge in [0.05, 0.1) is 14.2 Å². The first-order chi connectivity index (χ1) is 11.8. The second kappa shape index (κ2) is 7.91. The Kier molecular flexibility index (Phi) is 5.64. The number of alkyl halides is 1. The Labute approximate surface area is 148 Å². The minimum absolute atomic E-state index is 0.303. The van der Waals surface area contributed by atoms with E-state index in [1.54, 1.807) is 14.2 Å². The van der Waals surface area contributed by atoms with Gasteiger partial charge in [0, 0.05) is 23.9 Å². The van der Waals surface area contributed by atoms with Crippen LogP contribution in [0.2, 0.25) is 0 Å². The summed E-state index contributed by atoms with van der Waals surface area (Å²) in [4.78, 5) is 0. The molecule has 2 aromatic carbocycles. The summed E-state index contributed by atoms with van der Waals surface area (Å²) in [6, 6.07) is 12.8. The summed E-state index contributed by atoms with van der Waals surface area (Å²) in [5.74, 6) is 2.49. The van der Waals surface area contributed by atoms with Crippen LogP contribution < -0.4 is 14.8 Å². The average Bonchev–Trinajstić information content (AvgIpc) is 2.84. The Hall–Kier alpha value is -1.71. The van der Waals surface area contributed by atoms with E-state index in [1.807, 2.05) is 0 Å². The molecular weight excluding hydrogens is 322 g/mol. The number of methoxy groups -OCH3 is 2. The second-order valence-corrected chi connectivity index (χ2v) is 6.39. The van der Waals surface area contributed by atoms with Gasteiger partial charge in [-0.3, -0.25) is 0 Å². The molecule has 0 bridgehead atoms. The number of fused-ring (bicyclic) bond motifs is 1. The van der Waals surface area contributed by atoms with Gasteiger partial charge in [-0.15, -0.1) is 11.6 Å². The molecule has 1 N–H and O–H groups in total. The second-order valence-electron chi connectivity index (χ2n) is 6.01. The van der Waals surface area contributed by atoms with E-state index in [0.29, 0.717) is 11.8 Å². The van der Waals surface area contributed by atoms with Crippen molar-refractivity contribution in [3.63, 3.8) is 0 Å². The Morgan fingerprint density at radius 2 is 1.96 bits per heavy atom.